The third-order valence-electron chi connectivity index (χ3n) is 3.63. The van der Waals surface area contributed by atoms with Crippen molar-refractivity contribution in [3.8, 4) is 21.9 Å². The van der Waals surface area contributed by atoms with Gasteiger partial charge in [-0.3, -0.25) is 4.79 Å². The van der Waals surface area contributed by atoms with Crippen LogP contribution >= 0.6 is 11.5 Å². The van der Waals surface area contributed by atoms with E-state index in [2.05, 4.69) is 14.9 Å². The molecule has 25 heavy (non-hydrogen) atoms. The number of nitrogens with zero attached hydrogens (tertiary/aromatic N) is 2. The highest BCUT2D eigenvalue weighted by atomic mass is 32.1. The molecule has 0 spiro atoms. The van der Waals surface area contributed by atoms with Crippen LogP contribution in [0.1, 0.15) is 5.56 Å². The number of hydrogen-bond donors (Lipinski definition) is 1. The summed E-state index contributed by atoms with van der Waals surface area (Å²) in [6.07, 6.45) is 1.97. The van der Waals surface area contributed by atoms with Crippen molar-refractivity contribution in [3.05, 3.63) is 54.2 Å². The lowest BCUT2D eigenvalue weighted by molar-refractivity contribution is -0.115. The number of aromatic nitrogens is 2. The van der Waals surface area contributed by atoms with Gasteiger partial charge in [0.1, 0.15) is 0 Å². The summed E-state index contributed by atoms with van der Waals surface area (Å²) in [5.74, 6) is 1.15. The molecule has 0 aliphatic heterocycles. The molecule has 128 valence electrons. The molecule has 0 fully saturated rings. The average Bonchev–Trinajstić information content (AvgIpc) is 3.17. The second-order valence-electron chi connectivity index (χ2n) is 5.27. The summed E-state index contributed by atoms with van der Waals surface area (Å²) in [5, 5.41) is 6.71. The molecule has 7 heteroatoms. The summed E-state index contributed by atoms with van der Waals surface area (Å²) in [6, 6.07) is 13.0. The number of hydrogen-bond acceptors (Lipinski definition) is 6. The Morgan fingerprint density at radius 1 is 1.08 bits per heavy atom. The number of carbonyl (C=O) groups excluding carboxylic acids is 1. The minimum absolute atomic E-state index is 0.0978. The van der Waals surface area contributed by atoms with Gasteiger partial charge in [-0.05, 0) is 46.9 Å². The number of ether oxygens (including phenoxy) is 2. The van der Waals surface area contributed by atoms with Crippen molar-refractivity contribution >= 4 is 23.1 Å². The largest absolute Gasteiger partial charge is 0.493 e. The number of rotatable bonds is 6. The number of methoxy groups -OCH3 is 2. The first-order chi connectivity index (χ1) is 12.2. The lowest BCUT2D eigenvalue weighted by Gasteiger charge is -2.10. The molecular formula is C18H17N3O3S. The standard InChI is InChI=1S/C18H17N3O3S/c1-23-15-8-3-12(9-16(15)24-2)10-18(22)20-14-6-4-13(5-7-14)17-11-19-21-25-17/h3-9,11H,10H2,1-2H3,(H,20,22). The van der Waals surface area contributed by atoms with E-state index in [9.17, 15) is 4.79 Å². The molecule has 1 heterocycles. The summed E-state index contributed by atoms with van der Waals surface area (Å²) >= 11 is 1.33. The second-order valence-corrected chi connectivity index (χ2v) is 6.06. The van der Waals surface area contributed by atoms with Crippen LogP contribution in [0.15, 0.2) is 48.7 Å². The maximum absolute atomic E-state index is 12.2. The number of benzene rings is 2. The summed E-state index contributed by atoms with van der Waals surface area (Å²) < 4.78 is 14.3. The zero-order chi connectivity index (χ0) is 17.6. The van der Waals surface area contributed by atoms with Crippen molar-refractivity contribution in [2.45, 2.75) is 6.42 Å². The van der Waals surface area contributed by atoms with E-state index in [-0.39, 0.29) is 12.3 Å². The first kappa shape index (κ1) is 16.9. The average molecular weight is 355 g/mol. The van der Waals surface area contributed by atoms with Crippen molar-refractivity contribution in [2.24, 2.45) is 0 Å². The molecule has 0 unspecified atom stereocenters. The predicted molar refractivity (Wildman–Crippen MR) is 97.2 cm³/mol. The van der Waals surface area contributed by atoms with Crippen molar-refractivity contribution < 1.29 is 14.3 Å². The van der Waals surface area contributed by atoms with Crippen LogP contribution in [0.4, 0.5) is 5.69 Å². The van der Waals surface area contributed by atoms with Gasteiger partial charge in [0, 0.05) is 5.69 Å². The van der Waals surface area contributed by atoms with Gasteiger partial charge in [-0.2, -0.15) is 0 Å². The van der Waals surface area contributed by atoms with Gasteiger partial charge in [-0.25, -0.2) is 0 Å². The van der Waals surface area contributed by atoms with E-state index < -0.39 is 0 Å². The first-order valence-electron chi connectivity index (χ1n) is 7.58. The van der Waals surface area contributed by atoms with E-state index in [0.29, 0.717) is 11.5 Å². The fourth-order valence-corrected chi connectivity index (χ4v) is 2.91. The third kappa shape index (κ3) is 4.13. The summed E-state index contributed by atoms with van der Waals surface area (Å²) in [7, 11) is 3.15. The minimum Gasteiger partial charge on any atom is -0.493 e. The van der Waals surface area contributed by atoms with Crippen LogP contribution in [0, 0.1) is 0 Å². The Morgan fingerprint density at radius 2 is 1.84 bits per heavy atom. The van der Waals surface area contributed by atoms with Crippen molar-refractivity contribution in [1.82, 2.24) is 9.59 Å². The van der Waals surface area contributed by atoms with Crippen LogP contribution in [-0.2, 0) is 11.2 Å². The summed E-state index contributed by atoms with van der Waals surface area (Å²) in [5.41, 5.74) is 2.61. The van der Waals surface area contributed by atoms with E-state index >= 15 is 0 Å². The van der Waals surface area contributed by atoms with Gasteiger partial charge in [0.2, 0.25) is 5.91 Å². The first-order valence-corrected chi connectivity index (χ1v) is 8.35. The number of carbonyl (C=O) groups is 1. The molecule has 0 saturated heterocycles. The van der Waals surface area contributed by atoms with Gasteiger partial charge < -0.3 is 14.8 Å². The van der Waals surface area contributed by atoms with Gasteiger partial charge in [-0.15, -0.1) is 5.10 Å². The lowest BCUT2D eigenvalue weighted by Crippen LogP contribution is -2.14. The van der Waals surface area contributed by atoms with E-state index in [4.69, 9.17) is 9.47 Å². The molecular weight excluding hydrogens is 338 g/mol. The Labute approximate surface area is 149 Å². The Bertz CT molecular complexity index is 849. The number of nitrogens with one attached hydrogen (secondary N) is 1. The Kier molecular flexibility index (Phi) is 5.25. The molecule has 0 atom stereocenters. The van der Waals surface area contributed by atoms with Gasteiger partial charge in [0.15, 0.2) is 11.5 Å². The zero-order valence-electron chi connectivity index (χ0n) is 13.9. The molecule has 3 aromatic rings. The fourth-order valence-electron chi connectivity index (χ4n) is 2.39. The molecule has 1 aromatic heterocycles. The number of anilines is 1. The van der Waals surface area contributed by atoms with Crippen molar-refractivity contribution in [3.63, 3.8) is 0 Å². The van der Waals surface area contributed by atoms with Gasteiger partial charge >= 0.3 is 0 Å². The smallest absolute Gasteiger partial charge is 0.228 e. The molecule has 0 saturated carbocycles. The Hall–Kier alpha value is -2.93. The zero-order valence-corrected chi connectivity index (χ0v) is 14.7. The van der Waals surface area contributed by atoms with Crippen LogP contribution in [0.3, 0.4) is 0 Å². The predicted octanol–water partition coefficient (Wildman–Crippen LogP) is 3.40. The Morgan fingerprint density at radius 3 is 2.48 bits per heavy atom. The molecule has 1 amide bonds. The van der Waals surface area contributed by atoms with Crippen LogP contribution in [-0.4, -0.2) is 29.7 Å². The van der Waals surface area contributed by atoms with E-state index in [1.165, 1.54) is 11.5 Å². The molecule has 1 N–H and O–H groups in total. The molecule has 0 radical (unpaired) electrons. The van der Waals surface area contributed by atoms with E-state index in [1.807, 2.05) is 30.3 Å². The summed E-state index contributed by atoms with van der Waals surface area (Å²) in [6.45, 7) is 0. The van der Waals surface area contributed by atoms with Crippen LogP contribution in [0.25, 0.3) is 10.4 Å². The molecule has 3 rings (SSSR count). The van der Waals surface area contributed by atoms with Crippen molar-refractivity contribution in [1.29, 1.82) is 0 Å². The minimum atomic E-state index is -0.0978. The third-order valence-corrected chi connectivity index (χ3v) is 4.34. The van der Waals surface area contributed by atoms with Gasteiger partial charge in [0.05, 0.1) is 31.7 Å². The molecule has 6 nitrogen and oxygen atoms in total. The topological polar surface area (TPSA) is 73.3 Å². The van der Waals surface area contributed by atoms with Crippen molar-refractivity contribution in [2.75, 3.05) is 19.5 Å². The quantitative estimate of drug-likeness (QED) is 0.733. The normalized spacial score (nSPS) is 10.3. The van der Waals surface area contributed by atoms with Gasteiger partial charge in [0.25, 0.3) is 0 Å². The monoisotopic (exact) mass is 355 g/mol. The van der Waals surface area contributed by atoms with Gasteiger partial charge in [-0.1, -0.05) is 22.7 Å². The number of amides is 1. The van der Waals surface area contributed by atoms with Crippen LogP contribution < -0.4 is 14.8 Å². The second kappa shape index (κ2) is 7.76. The van der Waals surface area contributed by atoms with Crippen LogP contribution in [0.5, 0.6) is 11.5 Å². The van der Waals surface area contributed by atoms with E-state index in [1.54, 1.807) is 32.5 Å². The maximum Gasteiger partial charge on any atom is 0.228 e. The molecule has 0 aliphatic carbocycles. The highest BCUT2D eigenvalue weighted by Gasteiger charge is 2.09. The SMILES string of the molecule is COc1ccc(CC(=O)Nc2ccc(-c3cnns3)cc2)cc1OC. The highest BCUT2D eigenvalue weighted by molar-refractivity contribution is 7.09. The lowest BCUT2D eigenvalue weighted by atomic mass is 10.1. The maximum atomic E-state index is 12.2. The molecule has 0 aliphatic rings. The molecule has 0 bridgehead atoms. The van der Waals surface area contributed by atoms with Crippen LogP contribution in [0.2, 0.25) is 0 Å². The summed E-state index contributed by atoms with van der Waals surface area (Å²) in [4.78, 5) is 13.2. The highest BCUT2D eigenvalue weighted by Crippen LogP contribution is 2.28. The molecule has 2 aromatic carbocycles. The Balaban J connectivity index is 1.64. The van der Waals surface area contributed by atoms with E-state index in [0.717, 1.165) is 21.7 Å². The fraction of sp³-hybridized carbons (Fsp3) is 0.167.